The van der Waals surface area contributed by atoms with Crippen molar-refractivity contribution in [3.8, 4) is 0 Å². The molecular weight excluding hydrogens is 195 g/mol. The Hall–Kier alpha value is -0.390. The summed E-state index contributed by atoms with van der Waals surface area (Å²) < 4.78 is 61.2. The minimum absolute atomic E-state index is 0.206. The highest BCUT2D eigenvalue weighted by Gasteiger charge is 2.55. The predicted molar refractivity (Wildman–Crippen MR) is 36.4 cm³/mol. The minimum Gasteiger partial charge on any atom is -0.396 e. The van der Waals surface area contributed by atoms with E-state index in [2.05, 4.69) is 0 Å². The van der Waals surface area contributed by atoms with E-state index in [-0.39, 0.29) is 6.92 Å². The molecule has 2 atom stereocenters. The highest BCUT2D eigenvalue weighted by atomic mass is 19.4. The average Bonchev–Trinajstić information content (AvgIpc) is 1.80. The number of halogens is 5. The molecule has 13 heavy (non-hydrogen) atoms. The SMILES string of the molecule is CC(CO)C(C(C)(F)F)C(F)(F)F. The van der Waals surface area contributed by atoms with Crippen LogP contribution >= 0.6 is 0 Å². The summed E-state index contributed by atoms with van der Waals surface area (Å²) in [5.74, 6) is -8.15. The summed E-state index contributed by atoms with van der Waals surface area (Å²) in [5.41, 5.74) is 0. The Labute approximate surface area is 72.6 Å². The Morgan fingerprint density at radius 2 is 1.54 bits per heavy atom. The molecule has 0 aromatic carbocycles. The van der Waals surface area contributed by atoms with Crippen LogP contribution in [0.4, 0.5) is 22.0 Å². The summed E-state index contributed by atoms with van der Waals surface area (Å²) in [6.07, 6.45) is -4.99. The Balaban J connectivity index is 4.78. The maximum Gasteiger partial charge on any atom is 0.397 e. The molecule has 0 radical (unpaired) electrons. The van der Waals surface area contributed by atoms with Crippen molar-refractivity contribution in [2.24, 2.45) is 11.8 Å². The first-order valence-corrected chi connectivity index (χ1v) is 3.66. The molecule has 0 bridgehead atoms. The summed E-state index contributed by atoms with van der Waals surface area (Å²) in [7, 11) is 0. The maximum atomic E-state index is 12.5. The lowest BCUT2D eigenvalue weighted by molar-refractivity contribution is -0.252. The van der Waals surface area contributed by atoms with Gasteiger partial charge in [-0.2, -0.15) is 13.2 Å². The van der Waals surface area contributed by atoms with Crippen LogP contribution in [-0.2, 0) is 0 Å². The zero-order valence-electron chi connectivity index (χ0n) is 7.20. The molecule has 6 heteroatoms. The zero-order valence-corrected chi connectivity index (χ0v) is 7.20. The summed E-state index contributed by atoms with van der Waals surface area (Å²) in [6.45, 7) is 0.237. The van der Waals surface area contributed by atoms with Gasteiger partial charge in [-0.1, -0.05) is 6.92 Å². The molecule has 0 saturated heterocycles. The van der Waals surface area contributed by atoms with E-state index in [1.807, 2.05) is 0 Å². The molecule has 1 N–H and O–H groups in total. The number of rotatable bonds is 3. The van der Waals surface area contributed by atoms with Gasteiger partial charge in [-0.05, 0) is 12.8 Å². The predicted octanol–water partition coefficient (Wildman–Crippen LogP) is 2.45. The first kappa shape index (κ1) is 12.6. The van der Waals surface area contributed by atoms with Crippen LogP contribution in [0.1, 0.15) is 13.8 Å². The van der Waals surface area contributed by atoms with Crippen molar-refractivity contribution in [3.05, 3.63) is 0 Å². The molecule has 0 amide bonds. The lowest BCUT2D eigenvalue weighted by atomic mass is 9.89. The van der Waals surface area contributed by atoms with E-state index in [0.29, 0.717) is 0 Å². The van der Waals surface area contributed by atoms with Crippen LogP contribution in [0.2, 0.25) is 0 Å². The molecule has 0 heterocycles. The Kier molecular flexibility index (Phi) is 3.66. The maximum absolute atomic E-state index is 12.5. The van der Waals surface area contributed by atoms with Crippen LogP contribution in [0.25, 0.3) is 0 Å². The van der Waals surface area contributed by atoms with Crippen molar-refractivity contribution >= 4 is 0 Å². The van der Waals surface area contributed by atoms with Crippen molar-refractivity contribution in [2.75, 3.05) is 6.61 Å². The monoisotopic (exact) mass is 206 g/mol. The van der Waals surface area contributed by atoms with Gasteiger partial charge in [-0.15, -0.1) is 0 Å². The molecule has 0 aliphatic carbocycles. The van der Waals surface area contributed by atoms with Crippen molar-refractivity contribution in [1.29, 1.82) is 0 Å². The molecule has 0 rings (SSSR count). The number of hydrogen-bond acceptors (Lipinski definition) is 1. The number of aliphatic hydroxyl groups excluding tert-OH is 1. The zero-order chi connectivity index (χ0) is 10.9. The second kappa shape index (κ2) is 3.77. The van der Waals surface area contributed by atoms with Gasteiger partial charge < -0.3 is 5.11 Å². The summed E-state index contributed by atoms with van der Waals surface area (Å²) in [6, 6.07) is 0. The topological polar surface area (TPSA) is 20.2 Å². The van der Waals surface area contributed by atoms with E-state index in [9.17, 15) is 22.0 Å². The quantitative estimate of drug-likeness (QED) is 0.703. The van der Waals surface area contributed by atoms with Gasteiger partial charge in [-0.25, -0.2) is 8.78 Å². The van der Waals surface area contributed by atoms with Crippen LogP contribution < -0.4 is 0 Å². The van der Waals surface area contributed by atoms with Gasteiger partial charge in [0.2, 0.25) is 0 Å². The highest BCUT2D eigenvalue weighted by Crippen LogP contribution is 2.42. The van der Waals surface area contributed by atoms with Crippen LogP contribution in [0.5, 0.6) is 0 Å². The molecule has 80 valence electrons. The van der Waals surface area contributed by atoms with Gasteiger partial charge >= 0.3 is 6.18 Å². The third-order valence-electron chi connectivity index (χ3n) is 1.76. The van der Waals surface area contributed by atoms with E-state index < -0.39 is 30.5 Å². The Morgan fingerprint density at radius 1 is 1.15 bits per heavy atom. The lowest BCUT2D eigenvalue weighted by Gasteiger charge is -2.29. The Morgan fingerprint density at radius 3 is 1.62 bits per heavy atom. The van der Waals surface area contributed by atoms with Gasteiger partial charge in [0.1, 0.15) is 5.92 Å². The average molecular weight is 206 g/mol. The van der Waals surface area contributed by atoms with E-state index in [1.165, 1.54) is 0 Å². The van der Waals surface area contributed by atoms with Crippen molar-refractivity contribution < 1.29 is 27.1 Å². The fourth-order valence-electron chi connectivity index (χ4n) is 1.21. The van der Waals surface area contributed by atoms with Crippen LogP contribution in [0, 0.1) is 11.8 Å². The normalized spacial score (nSPS) is 18.5. The second-order valence-corrected chi connectivity index (χ2v) is 3.14. The molecule has 1 nitrogen and oxygen atoms in total. The summed E-state index contributed by atoms with van der Waals surface area (Å²) >= 11 is 0. The van der Waals surface area contributed by atoms with Crippen LogP contribution in [-0.4, -0.2) is 23.8 Å². The molecule has 2 unspecified atom stereocenters. The van der Waals surface area contributed by atoms with Gasteiger partial charge in [-0.3, -0.25) is 0 Å². The third-order valence-corrected chi connectivity index (χ3v) is 1.76. The lowest BCUT2D eigenvalue weighted by Crippen LogP contribution is -2.42. The second-order valence-electron chi connectivity index (χ2n) is 3.14. The van der Waals surface area contributed by atoms with Crippen molar-refractivity contribution in [1.82, 2.24) is 0 Å². The van der Waals surface area contributed by atoms with Gasteiger partial charge in [0.25, 0.3) is 5.92 Å². The molecule has 0 fully saturated rings. The first-order chi connectivity index (χ1) is 5.60. The van der Waals surface area contributed by atoms with Crippen LogP contribution in [0.15, 0.2) is 0 Å². The van der Waals surface area contributed by atoms with Crippen LogP contribution in [0.3, 0.4) is 0 Å². The van der Waals surface area contributed by atoms with E-state index in [4.69, 9.17) is 5.11 Å². The molecule has 0 aromatic heterocycles. The number of aliphatic hydroxyl groups is 1. The smallest absolute Gasteiger partial charge is 0.396 e. The number of hydrogen-bond donors (Lipinski definition) is 1. The first-order valence-electron chi connectivity index (χ1n) is 3.66. The molecule has 0 saturated carbocycles. The molecule has 0 aromatic rings. The molecule has 0 spiro atoms. The van der Waals surface area contributed by atoms with E-state index in [1.54, 1.807) is 0 Å². The largest absolute Gasteiger partial charge is 0.397 e. The summed E-state index contributed by atoms with van der Waals surface area (Å²) in [4.78, 5) is 0. The third kappa shape index (κ3) is 3.46. The molecule has 0 aliphatic rings. The van der Waals surface area contributed by atoms with Gasteiger partial charge in [0.05, 0.1) is 0 Å². The fourth-order valence-corrected chi connectivity index (χ4v) is 1.21. The van der Waals surface area contributed by atoms with Gasteiger partial charge in [0, 0.05) is 6.61 Å². The molecular formula is C7H11F5O. The Bertz CT molecular complexity index is 145. The van der Waals surface area contributed by atoms with Gasteiger partial charge in [0.15, 0.2) is 0 Å². The van der Waals surface area contributed by atoms with Crippen molar-refractivity contribution in [2.45, 2.75) is 25.9 Å². The molecule has 0 aliphatic heterocycles. The highest BCUT2D eigenvalue weighted by molar-refractivity contribution is 4.83. The minimum atomic E-state index is -4.99. The van der Waals surface area contributed by atoms with E-state index in [0.717, 1.165) is 6.92 Å². The summed E-state index contributed by atoms with van der Waals surface area (Å²) in [5, 5.41) is 8.40. The van der Waals surface area contributed by atoms with E-state index >= 15 is 0 Å². The fraction of sp³-hybridized carbons (Fsp3) is 1.00. The van der Waals surface area contributed by atoms with Crippen molar-refractivity contribution in [3.63, 3.8) is 0 Å². The number of alkyl halides is 5. The standard InChI is InChI=1S/C7H11F5O/c1-4(3-13)5(6(2,8)9)7(10,11)12/h4-5,13H,3H2,1-2H3.